The van der Waals surface area contributed by atoms with E-state index in [0.29, 0.717) is 25.0 Å². The number of hydrogen-bond acceptors (Lipinski definition) is 3. The lowest BCUT2D eigenvalue weighted by Crippen LogP contribution is -2.08. The molecule has 0 saturated heterocycles. The van der Waals surface area contributed by atoms with E-state index in [0.717, 1.165) is 6.42 Å². The summed E-state index contributed by atoms with van der Waals surface area (Å²) in [7, 11) is 0. The number of aliphatic hydroxyl groups is 1. The first kappa shape index (κ1) is 11.2. The summed E-state index contributed by atoms with van der Waals surface area (Å²) in [6.45, 7) is 6.02. The van der Waals surface area contributed by atoms with Crippen molar-refractivity contribution in [3.63, 3.8) is 0 Å². The fourth-order valence-electron chi connectivity index (χ4n) is 0.691. The van der Waals surface area contributed by atoms with Crippen LogP contribution in [0.3, 0.4) is 0 Å². The van der Waals surface area contributed by atoms with Crippen LogP contribution >= 0.6 is 0 Å². The van der Waals surface area contributed by atoms with Gasteiger partial charge in [0.2, 0.25) is 0 Å². The zero-order valence-electron chi connectivity index (χ0n) is 7.51. The average Bonchev–Trinajstić information content (AvgIpc) is 2.10. The molecule has 0 aromatic carbocycles. The van der Waals surface area contributed by atoms with Gasteiger partial charge in [0.1, 0.15) is 0 Å². The van der Waals surface area contributed by atoms with Gasteiger partial charge in [0.05, 0.1) is 6.61 Å². The van der Waals surface area contributed by atoms with Crippen LogP contribution in [0.1, 0.15) is 26.2 Å². The van der Waals surface area contributed by atoms with Crippen LogP contribution in [0.5, 0.6) is 0 Å². The molecule has 3 heteroatoms. The average molecular weight is 172 g/mol. The Morgan fingerprint density at radius 1 is 1.58 bits per heavy atom. The van der Waals surface area contributed by atoms with Crippen LogP contribution < -0.4 is 0 Å². The molecule has 0 saturated carbocycles. The van der Waals surface area contributed by atoms with Crippen LogP contribution in [-0.4, -0.2) is 24.3 Å². The van der Waals surface area contributed by atoms with Crippen molar-refractivity contribution in [3.05, 3.63) is 12.2 Å². The Kier molecular flexibility index (Phi) is 6.38. The summed E-state index contributed by atoms with van der Waals surface area (Å²) >= 11 is 0. The van der Waals surface area contributed by atoms with Gasteiger partial charge >= 0.3 is 5.97 Å². The normalized spacial score (nSPS) is 9.50. The van der Waals surface area contributed by atoms with Gasteiger partial charge in [-0.15, -0.1) is 0 Å². The SMILES string of the molecule is C=C(CCCO)C(=O)OCCC. The number of ether oxygens (including phenoxy) is 1. The number of rotatable bonds is 6. The van der Waals surface area contributed by atoms with E-state index in [4.69, 9.17) is 9.84 Å². The summed E-state index contributed by atoms with van der Waals surface area (Å²) < 4.78 is 4.83. The van der Waals surface area contributed by atoms with Crippen molar-refractivity contribution >= 4 is 5.97 Å². The minimum Gasteiger partial charge on any atom is -0.462 e. The molecule has 0 aromatic heterocycles. The second kappa shape index (κ2) is 6.85. The Hall–Kier alpha value is -0.830. The molecular weight excluding hydrogens is 156 g/mol. The van der Waals surface area contributed by atoms with Gasteiger partial charge in [-0.25, -0.2) is 4.79 Å². The van der Waals surface area contributed by atoms with Gasteiger partial charge in [-0.3, -0.25) is 0 Å². The van der Waals surface area contributed by atoms with E-state index in [-0.39, 0.29) is 12.6 Å². The standard InChI is InChI=1S/C9H16O3/c1-3-7-12-9(11)8(2)5-4-6-10/h10H,2-7H2,1H3. The molecule has 0 rings (SSSR count). The molecule has 3 nitrogen and oxygen atoms in total. The molecule has 0 aromatic rings. The van der Waals surface area contributed by atoms with Gasteiger partial charge in [-0.05, 0) is 19.3 Å². The Bertz CT molecular complexity index is 134. The van der Waals surface area contributed by atoms with E-state index < -0.39 is 0 Å². The number of hydrogen-bond donors (Lipinski definition) is 1. The summed E-state index contributed by atoms with van der Waals surface area (Å²) in [6, 6.07) is 0. The lowest BCUT2D eigenvalue weighted by molar-refractivity contribution is -0.139. The number of carbonyl (C=O) groups excluding carboxylic acids is 1. The molecule has 0 amide bonds. The van der Waals surface area contributed by atoms with Crippen LogP contribution in [0.2, 0.25) is 0 Å². The molecule has 0 radical (unpaired) electrons. The fourth-order valence-corrected chi connectivity index (χ4v) is 0.691. The van der Waals surface area contributed by atoms with Crippen LogP contribution in [0.15, 0.2) is 12.2 Å². The van der Waals surface area contributed by atoms with Crippen LogP contribution in [0.25, 0.3) is 0 Å². The van der Waals surface area contributed by atoms with Crippen molar-refractivity contribution in [1.29, 1.82) is 0 Å². The van der Waals surface area contributed by atoms with Crippen LogP contribution in [-0.2, 0) is 9.53 Å². The lowest BCUT2D eigenvalue weighted by atomic mass is 10.2. The monoisotopic (exact) mass is 172 g/mol. The summed E-state index contributed by atoms with van der Waals surface area (Å²) in [6.07, 6.45) is 1.90. The fraction of sp³-hybridized carbons (Fsp3) is 0.667. The molecule has 0 aliphatic carbocycles. The Labute approximate surface area is 73.0 Å². The summed E-state index contributed by atoms with van der Waals surface area (Å²) in [4.78, 5) is 11.0. The van der Waals surface area contributed by atoms with E-state index in [1.807, 2.05) is 6.92 Å². The third-order valence-electron chi connectivity index (χ3n) is 1.36. The Morgan fingerprint density at radius 3 is 2.75 bits per heavy atom. The topological polar surface area (TPSA) is 46.5 Å². The number of aliphatic hydroxyl groups excluding tert-OH is 1. The summed E-state index contributed by atoms with van der Waals surface area (Å²) in [5.41, 5.74) is 0.442. The lowest BCUT2D eigenvalue weighted by Gasteiger charge is -2.04. The van der Waals surface area contributed by atoms with Crippen molar-refractivity contribution in [2.75, 3.05) is 13.2 Å². The third kappa shape index (κ3) is 4.91. The highest BCUT2D eigenvalue weighted by molar-refractivity contribution is 5.87. The first-order valence-electron chi connectivity index (χ1n) is 4.18. The van der Waals surface area contributed by atoms with Crippen molar-refractivity contribution in [2.45, 2.75) is 26.2 Å². The van der Waals surface area contributed by atoms with Crippen molar-refractivity contribution < 1.29 is 14.6 Å². The molecule has 12 heavy (non-hydrogen) atoms. The number of esters is 1. The van der Waals surface area contributed by atoms with Crippen molar-refractivity contribution in [1.82, 2.24) is 0 Å². The minimum absolute atomic E-state index is 0.0834. The van der Waals surface area contributed by atoms with E-state index in [1.54, 1.807) is 0 Å². The third-order valence-corrected chi connectivity index (χ3v) is 1.36. The highest BCUT2D eigenvalue weighted by atomic mass is 16.5. The predicted molar refractivity (Wildman–Crippen MR) is 46.7 cm³/mol. The highest BCUT2D eigenvalue weighted by Crippen LogP contribution is 2.04. The molecule has 0 aliphatic rings. The quantitative estimate of drug-likeness (QED) is 0.484. The molecule has 0 atom stereocenters. The zero-order valence-corrected chi connectivity index (χ0v) is 7.51. The Morgan fingerprint density at radius 2 is 2.25 bits per heavy atom. The van der Waals surface area contributed by atoms with Gasteiger partial charge in [0.15, 0.2) is 0 Å². The van der Waals surface area contributed by atoms with Crippen LogP contribution in [0, 0.1) is 0 Å². The molecule has 0 fully saturated rings. The van der Waals surface area contributed by atoms with E-state index in [9.17, 15) is 4.79 Å². The van der Waals surface area contributed by atoms with E-state index >= 15 is 0 Å². The van der Waals surface area contributed by atoms with Crippen LogP contribution in [0.4, 0.5) is 0 Å². The van der Waals surface area contributed by atoms with Gasteiger partial charge in [-0.2, -0.15) is 0 Å². The molecule has 0 spiro atoms. The minimum atomic E-state index is -0.342. The second-order valence-corrected chi connectivity index (χ2v) is 2.57. The molecule has 0 unspecified atom stereocenters. The summed E-state index contributed by atoms with van der Waals surface area (Å²) in [5.74, 6) is -0.342. The molecule has 1 N–H and O–H groups in total. The molecule has 0 bridgehead atoms. The molecular formula is C9H16O3. The van der Waals surface area contributed by atoms with E-state index in [1.165, 1.54) is 0 Å². The Balaban J connectivity index is 3.55. The highest BCUT2D eigenvalue weighted by Gasteiger charge is 2.06. The molecule has 0 heterocycles. The predicted octanol–water partition coefficient (Wildman–Crippen LogP) is 1.27. The zero-order chi connectivity index (χ0) is 9.40. The summed E-state index contributed by atoms with van der Waals surface area (Å²) in [5, 5.41) is 8.48. The smallest absolute Gasteiger partial charge is 0.333 e. The van der Waals surface area contributed by atoms with Crippen molar-refractivity contribution in [3.8, 4) is 0 Å². The molecule has 0 aliphatic heterocycles. The second-order valence-electron chi connectivity index (χ2n) is 2.57. The maximum Gasteiger partial charge on any atom is 0.333 e. The number of carbonyl (C=O) groups is 1. The first-order chi connectivity index (χ1) is 5.72. The van der Waals surface area contributed by atoms with Gasteiger partial charge in [-0.1, -0.05) is 13.5 Å². The first-order valence-corrected chi connectivity index (χ1v) is 4.18. The van der Waals surface area contributed by atoms with Gasteiger partial charge in [0, 0.05) is 12.2 Å². The maximum atomic E-state index is 11.0. The van der Waals surface area contributed by atoms with Crippen molar-refractivity contribution in [2.24, 2.45) is 0 Å². The van der Waals surface area contributed by atoms with E-state index in [2.05, 4.69) is 6.58 Å². The largest absolute Gasteiger partial charge is 0.462 e. The van der Waals surface area contributed by atoms with Gasteiger partial charge < -0.3 is 9.84 Å². The molecule has 70 valence electrons. The van der Waals surface area contributed by atoms with Gasteiger partial charge in [0.25, 0.3) is 0 Å². The maximum absolute atomic E-state index is 11.0.